The third-order valence-electron chi connectivity index (χ3n) is 5.29. The lowest BCUT2D eigenvalue weighted by Crippen LogP contribution is -2.33. The first kappa shape index (κ1) is 24.6. The number of furan rings is 2. The molecule has 0 aliphatic carbocycles. The monoisotopic (exact) mass is 549 g/mol. The number of anilines is 2. The van der Waals surface area contributed by atoms with Gasteiger partial charge in [0.15, 0.2) is 16.6 Å². The molecule has 10 heteroatoms. The zero-order valence-corrected chi connectivity index (χ0v) is 21.2. The van der Waals surface area contributed by atoms with Crippen LogP contribution in [0.1, 0.15) is 21.1 Å². The van der Waals surface area contributed by atoms with Gasteiger partial charge in [0, 0.05) is 22.3 Å². The van der Waals surface area contributed by atoms with E-state index in [1.54, 1.807) is 60.7 Å². The van der Waals surface area contributed by atoms with Crippen LogP contribution in [-0.2, 0) is 0 Å². The van der Waals surface area contributed by atoms with E-state index in [2.05, 4.69) is 16.0 Å². The van der Waals surface area contributed by atoms with E-state index in [0.29, 0.717) is 38.3 Å². The van der Waals surface area contributed by atoms with Crippen molar-refractivity contribution in [1.29, 1.82) is 0 Å². The zero-order valence-electron chi connectivity index (χ0n) is 18.9. The Kier molecular flexibility index (Phi) is 6.96. The fourth-order valence-corrected chi connectivity index (χ4v) is 4.06. The molecule has 7 nitrogen and oxygen atoms in total. The maximum Gasteiger partial charge on any atom is 0.293 e. The predicted molar refractivity (Wildman–Crippen MR) is 148 cm³/mol. The molecule has 0 fully saturated rings. The number of hydrogen-bond donors (Lipinski definition) is 3. The quantitative estimate of drug-likeness (QED) is 0.198. The van der Waals surface area contributed by atoms with Crippen molar-refractivity contribution in [3.05, 3.63) is 106 Å². The molecule has 0 saturated carbocycles. The van der Waals surface area contributed by atoms with Gasteiger partial charge >= 0.3 is 0 Å². The number of halogens is 2. The maximum atomic E-state index is 12.6. The van der Waals surface area contributed by atoms with E-state index in [9.17, 15) is 9.59 Å². The summed E-state index contributed by atoms with van der Waals surface area (Å²) in [5, 5.41) is 9.97. The summed E-state index contributed by atoms with van der Waals surface area (Å²) < 4.78 is 11.3. The first-order chi connectivity index (χ1) is 17.9. The number of rotatable bonds is 5. The second-order valence-electron chi connectivity index (χ2n) is 7.88. The molecule has 0 atom stereocenters. The summed E-state index contributed by atoms with van der Waals surface area (Å²) in [5.74, 6) is -0.202. The number of hydrogen-bond acceptors (Lipinski definition) is 5. The van der Waals surface area contributed by atoms with Gasteiger partial charge in [-0.15, -0.1) is 0 Å². The highest BCUT2D eigenvalue weighted by Crippen LogP contribution is 2.29. The Morgan fingerprint density at radius 3 is 2.27 bits per heavy atom. The molecule has 0 spiro atoms. The van der Waals surface area contributed by atoms with Crippen molar-refractivity contribution in [2.75, 3.05) is 10.6 Å². The van der Waals surface area contributed by atoms with E-state index in [1.165, 1.54) is 6.07 Å². The zero-order chi connectivity index (χ0) is 25.9. The lowest BCUT2D eigenvalue weighted by Gasteiger charge is -2.10. The third-order valence-corrected chi connectivity index (χ3v) is 6.23. The number of carbonyl (C=O) groups is 2. The van der Waals surface area contributed by atoms with Gasteiger partial charge in [0.25, 0.3) is 11.8 Å². The molecule has 2 amide bonds. The Hall–Kier alpha value is -4.11. The molecule has 2 heterocycles. The van der Waals surface area contributed by atoms with Crippen LogP contribution < -0.4 is 16.0 Å². The van der Waals surface area contributed by atoms with Crippen molar-refractivity contribution in [2.24, 2.45) is 0 Å². The summed E-state index contributed by atoms with van der Waals surface area (Å²) in [6, 6.07) is 24.1. The normalized spacial score (nSPS) is 10.8. The van der Waals surface area contributed by atoms with Gasteiger partial charge in [-0.25, -0.2) is 0 Å². The van der Waals surface area contributed by atoms with Crippen LogP contribution in [0.25, 0.3) is 22.3 Å². The first-order valence-electron chi connectivity index (χ1n) is 10.9. The molecular formula is C27H17Cl2N3O4S. The third kappa shape index (κ3) is 5.67. The van der Waals surface area contributed by atoms with Crippen LogP contribution in [0, 0.1) is 0 Å². The Morgan fingerprint density at radius 2 is 1.49 bits per heavy atom. The van der Waals surface area contributed by atoms with Crippen LogP contribution in [0.3, 0.4) is 0 Å². The molecule has 0 aliphatic heterocycles. The molecule has 3 N–H and O–H groups in total. The van der Waals surface area contributed by atoms with Crippen LogP contribution in [0.2, 0.25) is 10.0 Å². The van der Waals surface area contributed by atoms with E-state index < -0.39 is 5.91 Å². The lowest BCUT2D eigenvalue weighted by molar-refractivity contribution is 0.0950. The van der Waals surface area contributed by atoms with Gasteiger partial charge in [0.1, 0.15) is 11.3 Å². The van der Waals surface area contributed by atoms with Crippen LogP contribution in [-0.4, -0.2) is 16.9 Å². The summed E-state index contributed by atoms with van der Waals surface area (Å²) in [6.45, 7) is 0. The second kappa shape index (κ2) is 10.5. The number of benzene rings is 3. The number of nitrogens with one attached hydrogen (secondary N) is 3. The number of para-hydroxylation sites is 1. The lowest BCUT2D eigenvalue weighted by atomic mass is 10.2. The van der Waals surface area contributed by atoms with Gasteiger partial charge in [0.05, 0.1) is 10.0 Å². The molecular weight excluding hydrogens is 533 g/mol. The van der Waals surface area contributed by atoms with Crippen molar-refractivity contribution < 1.29 is 18.4 Å². The molecule has 37 heavy (non-hydrogen) atoms. The van der Waals surface area contributed by atoms with Crippen molar-refractivity contribution in [2.45, 2.75) is 0 Å². The van der Waals surface area contributed by atoms with E-state index >= 15 is 0 Å². The van der Waals surface area contributed by atoms with Crippen molar-refractivity contribution in [3.63, 3.8) is 0 Å². The predicted octanol–water partition coefficient (Wildman–Crippen LogP) is 7.38. The van der Waals surface area contributed by atoms with Crippen molar-refractivity contribution in [3.8, 4) is 11.3 Å². The van der Waals surface area contributed by atoms with E-state index in [1.807, 2.05) is 18.2 Å². The van der Waals surface area contributed by atoms with Crippen molar-refractivity contribution in [1.82, 2.24) is 5.32 Å². The Balaban J connectivity index is 1.20. The van der Waals surface area contributed by atoms with E-state index in [0.717, 1.165) is 5.39 Å². The average Bonchev–Trinajstić information content (AvgIpc) is 3.54. The molecule has 3 aromatic carbocycles. The topological polar surface area (TPSA) is 96.5 Å². The van der Waals surface area contributed by atoms with Crippen LogP contribution in [0.4, 0.5) is 11.4 Å². The first-order valence-corrected chi connectivity index (χ1v) is 12.1. The molecule has 0 aliphatic rings. The fourth-order valence-electron chi connectivity index (χ4n) is 3.55. The molecule has 5 rings (SSSR count). The highest BCUT2D eigenvalue weighted by molar-refractivity contribution is 7.80. The summed E-state index contributed by atoms with van der Waals surface area (Å²) in [7, 11) is 0. The number of carbonyl (C=O) groups excluding carboxylic acids is 2. The Morgan fingerprint density at radius 1 is 0.703 bits per heavy atom. The summed E-state index contributed by atoms with van der Waals surface area (Å²) in [6.07, 6.45) is 0. The summed E-state index contributed by atoms with van der Waals surface area (Å²) in [4.78, 5) is 25.2. The molecule has 0 unspecified atom stereocenters. The second-order valence-corrected chi connectivity index (χ2v) is 9.11. The van der Waals surface area contributed by atoms with Gasteiger partial charge in [0.2, 0.25) is 0 Å². The summed E-state index contributed by atoms with van der Waals surface area (Å²) >= 11 is 17.3. The Bertz CT molecular complexity index is 1630. The summed E-state index contributed by atoms with van der Waals surface area (Å²) in [5.41, 5.74) is 2.38. The van der Waals surface area contributed by atoms with Gasteiger partial charge in [-0.2, -0.15) is 0 Å². The van der Waals surface area contributed by atoms with Crippen molar-refractivity contribution >= 4 is 74.7 Å². The molecule has 5 aromatic rings. The Labute approximate surface area is 226 Å². The van der Waals surface area contributed by atoms with Gasteiger partial charge in [-0.05, 0) is 72.9 Å². The molecule has 0 bridgehead atoms. The highest BCUT2D eigenvalue weighted by atomic mass is 35.5. The average molecular weight is 550 g/mol. The SMILES string of the molecule is O=C(NC(=S)Nc1cccc(NC(=O)c2cc3ccccc3o2)c1)c1ccc(-c2ccc(Cl)c(Cl)c2)o1. The smallest absolute Gasteiger partial charge is 0.293 e. The minimum absolute atomic E-state index is 0.0539. The maximum absolute atomic E-state index is 12.6. The van der Waals surface area contributed by atoms with Gasteiger partial charge < -0.3 is 19.5 Å². The largest absolute Gasteiger partial charge is 0.451 e. The van der Waals surface area contributed by atoms with Gasteiger partial charge in [-0.1, -0.05) is 47.5 Å². The number of amides is 2. The van der Waals surface area contributed by atoms with Crippen LogP contribution in [0.5, 0.6) is 0 Å². The van der Waals surface area contributed by atoms with Gasteiger partial charge in [-0.3, -0.25) is 14.9 Å². The minimum atomic E-state index is -0.529. The van der Waals surface area contributed by atoms with Crippen LogP contribution in [0.15, 0.2) is 93.8 Å². The molecule has 0 radical (unpaired) electrons. The number of thiocarbonyl (C=S) groups is 1. The van der Waals surface area contributed by atoms with E-state index in [-0.39, 0.29) is 22.5 Å². The standard InChI is InChI=1S/C27H17Cl2N3O4S/c28-19-9-8-16(12-20(19)29)22-10-11-23(35-22)25(33)32-27(37)31-18-6-3-5-17(14-18)30-26(34)24-13-15-4-1-2-7-21(15)36-24/h1-14H,(H,30,34)(H2,31,32,33,37). The molecule has 184 valence electrons. The minimum Gasteiger partial charge on any atom is -0.451 e. The van der Waals surface area contributed by atoms with E-state index in [4.69, 9.17) is 44.3 Å². The molecule has 2 aromatic heterocycles. The molecule has 0 saturated heterocycles. The fraction of sp³-hybridized carbons (Fsp3) is 0. The number of fused-ring (bicyclic) bond motifs is 1. The highest BCUT2D eigenvalue weighted by Gasteiger charge is 2.16. The van der Waals surface area contributed by atoms with Crippen LogP contribution >= 0.6 is 35.4 Å².